The summed E-state index contributed by atoms with van der Waals surface area (Å²) >= 11 is 0. The lowest BCUT2D eigenvalue weighted by atomic mass is 10.00. The molecule has 0 aromatic rings. The Kier molecular flexibility index (Phi) is 7.58. The molecule has 1 N–H and O–H groups in total. The Bertz CT molecular complexity index is 89.0. The van der Waals surface area contributed by atoms with Gasteiger partial charge in [0.1, 0.15) is 0 Å². The normalized spacial score (nSPS) is 16.0. The summed E-state index contributed by atoms with van der Waals surface area (Å²) in [4.78, 5) is 0. The van der Waals surface area contributed by atoms with Crippen molar-refractivity contribution in [2.75, 3.05) is 0 Å². The molecule has 0 saturated heterocycles. The molecule has 0 aliphatic rings. The smallest absolute Gasteiger partial charge is 0.0512 e. The fraction of sp³-hybridized carbons (Fsp3) is 1.00. The third-order valence-corrected chi connectivity index (χ3v) is 2.52. The van der Waals surface area contributed by atoms with Gasteiger partial charge in [0, 0.05) is 0 Å². The first kappa shape index (κ1) is 12.0. The number of aliphatic hydroxyl groups is 1. The van der Waals surface area contributed by atoms with E-state index in [9.17, 15) is 0 Å². The van der Waals surface area contributed by atoms with Crippen LogP contribution in [0.1, 0.15) is 59.3 Å². The first-order valence-electron chi connectivity index (χ1n) is 5.34. The summed E-state index contributed by atoms with van der Waals surface area (Å²) in [5.74, 6) is 0.886. The fourth-order valence-electron chi connectivity index (χ4n) is 1.31. The van der Waals surface area contributed by atoms with Gasteiger partial charge in [-0.3, -0.25) is 0 Å². The van der Waals surface area contributed by atoms with Crippen molar-refractivity contribution < 1.29 is 5.11 Å². The average Bonchev–Trinajstić information content (AvgIpc) is 2.03. The number of hydrogen-bond acceptors (Lipinski definition) is 1. The zero-order chi connectivity index (χ0) is 9.40. The van der Waals surface area contributed by atoms with Gasteiger partial charge in [-0.15, -0.1) is 0 Å². The van der Waals surface area contributed by atoms with Crippen LogP contribution in [0.25, 0.3) is 0 Å². The van der Waals surface area contributed by atoms with E-state index >= 15 is 0 Å². The highest BCUT2D eigenvalue weighted by atomic mass is 16.3. The van der Waals surface area contributed by atoms with Crippen LogP contribution in [0.15, 0.2) is 0 Å². The molecular weight excluding hydrogens is 148 g/mol. The van der Waals surface area contributed by atoms with E-state index in [4.69, 9.17) is 5.11 Å². The Labute approximate surface area is 77.2 Å². The summed E-state index contributed by atoms with van der Waals surface area (Å²) < 4.78 is 0. The molecule has 74 valence electrons. The summed E-state index contributed by atoms with van der Waals surface area (Å²) in [6.07, 6.45) is 7.34. The molecule has 0 spiro atoms. The maximum atomic E-state index is 9.01. The number of unbranched alkanes of at least 4 members (excludes halogenated alkanes) is 2. The summed E-state index contributed by atoms with van der Waals surface area (Å²) in [5.41, 5.74) is 0. The third-order valence-electron chi connectivity index (χ3n) is 2.52. The molecule has 0 aliphatic heterocycles. The van der Waals surface area contributed by atoms with Gasteiger partial charge in [0.2, 0.25) is 0 Å². The number of rotatable bonds is 7. The van der Waals surface area contributed by atoms with Gasteiger partial charge < -0.3 is 5.11 Å². The Morgan fingerprint density at radius 2 is 1.58 bits per heavy atom. The topological polar surface area (TPSA) is 20.2 Å². The molecule has 12 heavy (non-hydrogen) atoms. The van der Waals surface area contributed by atoms with E-state index < -0.39 is 0 Å². The molecule has 0 aliphatic carbocycles. The first-order chi connectivity index (χ1) is 5.66. The van der Waals surface area contributed by atoms with E-state index in [0.717, 1.165) is 12.3 Å². The molecule has 0 bridgehead atoms. The monoisotopic (exact) mass is 172 g/mol. The molecule has 0 unspecified atom stereocenters. The molecule has 2 atom stereocenters. The second-order valence-corrected chi connectivity index (χ2v) is 4.00. The van der Waals surface area contributed by atoms with Crippen molar-refractivity contribution in [1.82, 2.24) is 0 Å². The maximum absolute atomic E-state index is 9.01. The number of hydrogen-bond donors (Lipinski definition) is 1. The van der Waals surface area contributed by atoms with Crippen LogP contribution < -0.4 is 0 Å². The van der Waals surface area contributed by atoms with Crippen molar-refractivity contribution in [2.45, 2.75) is 65.4 Å². The molecule has 0 radical (unpaired) electrons. The lowest BCUT2D eigenvalue weighted by Gasteiger charge is -2.07. The van der Waals surface area contributed by atoms with Crippen molar-refractivity contribution in [1.29, 1.82) is 0 Å². The van der Waals surface area contributed by atoms with Gasteiger partial charge in [0.25, 0.3) is 0 Å². The molecule has 0 heterocycles. The van der Waals surface area contributed by atoms with E-state index in [1.54, 1.807) is 0 Å². The van der Waals surface area contributed by atoms with E-state index in [-0.39, 0.29) is 6.10 Å². The van der Waals surface area contributed by atoms with Crippen molar-refractivity contribution in [3.8, 4) is 0 Å². The molecule has 1 nitrogen and oxygen atoms in total. The standard InChI is InChI=1S/C11H24O/c1-4-10(2)8-6-5-7-9-11(3)12/h10-12H,4-9H2,1-3H3/t10-,11-/m0/s1. The van der Waals surface area contributed by atoms with Crippen LogP contribution in [0.2, 0.25) is 0 Å². The average molecular weight is 172 g/mol. The zero-order valence-electron chi connectivity index (χ0n) is 8.84. The van der Waals surface area contributed by atoms with Gasteiger partial charge >= 0.3 is 0 Å². The highest BCUT2D eigenvalue weighted by molar-refractivity contribution is 4.52. The van der Waals surface area contributed by atoms with Gasteiger partial charge in [-0.05, 0) is 19.3 Å². The first-order valence-corrected chi connectivity index (χ1v) is 5.34. The van der Waals surface area contributed by atoms with Gasteiger partial charge in [-0.25, -0.2) is 0 Å². The minimum atomic E-state index is -0.103. The van der Waals surface area contributed by atoms with E-state index in [2.05, 4.69) is 13.8 Å². The van der Waals surface area contributed by atoms with E-state index in [0.29, 0.717) is 0 Å². The summed E-state index contributed by atoms with van der Waals surface area (Å²) in [6, 6.07) is 0. The van der Waals surface area contributed by atoms with Crippen molar-refractivity contribution in [2.24, 2.45) is 5.92 Å². The largest absolute Gasteiger partial charge is 0.393 e. The SMILES string of the molecule is CC[C@H](C)CCCCC[C@H](C)O. The molecule has 0 fully saturated rings. The van der Waals surface area contributed by atoms with Gasteiger partial charge in [-0.1, -0.05) is 46.0 Å². The minimum Gasteiger partial charge on any atom is -0.393 e. The molecule has 0 aromatic carbocycles. The van der Waals surface area contributed by atoms with Crippen molar-refractivity contribution >= 4 is 0 Å². The van der Waals surface area contributed by atoms with Crippen LogP contribution in [0, 0.1) is 5.92 Å². The van der Waals surface area contributed by atoms with Crippen LogP contribution in [0.3, 0.4) is 0 Å². The van der Waals surface area contributed by atoms with Gasteiger partial charge in [-0.2, -0.15) is 0 Å². The number of aliphatic hydroxyl groups excluding tert-OH is 1. The summed E-state index contributed by atoms with van der Waals surface area (Å²) in [5, 5.41) is 9.01. The molecular formula is C11H24O. The Morgan fingerprint density at radius 1 is 1.00 bits per heavy atom. The quantitative estimate of drug-likeness (QED) is 0.584. The van der Waals surface area contributed by atoms with Crippen LogP contribution >= 0.6 is 0 Å². The van der Waals surface area contributed by atoms with Crippen LogP contribution in [-0.4, -0.2) is 11.2 Å². The maximum Gasteiger partial charge on any atom is 0.0512 e. The van der Waals surface area contributed by atoms with Gasteiger partial charge in [0.05, 0.1) is 6.10 Å². The van der Waals surface area contributed by atoms with Crippen molar-refractivity contribution in [3.63, 3.8) is 0 Å². The van der Waals surface area contributed by atoms with Crippen LogP contribution in [0.4, 0.5) is 0 Å². The van der Waals surface area contributed by atoms with Gasteiger partial charge in [0.15, 0.2) is 0 Å². The predicted molar refractivity (Wildman–Crippen MR) is 54.2 cm³/mol. The van der Waals surface area contributed by atoms with E-state index in [1.807, 2.05) is 6.92 Å². The van der Waals surface area contributed by atoms with E-state index in [1.165, 1.54) is 32.1 Å². The highest BCUT2D eigenvalue weighted by Gasteiger charge is 1.99. The van der Waals surface area contributed by atoms with Crippen molar-refractivity contribution in [3.05, 3.63) is 0 Å². The van der Waals surface area contributed by atoms with Crippen LogP contribution in [-0.2, 0) is 0 Å². The molecule has 0 amide bonds. The summed E-state index contributed by atoms with van der Waals surface area (Å²) in [7, 11) is 0. The Morgan fingerprint density at radius 3 is 2.08 bits per heavy atom. The molecule has 1 heteroatoms. The van der Waals surface area contributed by atoms with Crippen LogP contribution in [0.5, 0.6) is 0 Å². The zero-order valence-corrected chi connectivity index (χ0v) is 8.84. The fourth-order valence-corrected chi connectivity index (χ4v) is 1.31. The molecule has 0 saturated carbocycles. The Hall–Kier alpha value is -0.0400. The minimum absolute atomic E-state index is 0.103. The lowest BCUT2D eigenvalue weighted by molar-refractivity contribution is 0.180. The second-order valence-electron chi connectivity index (χ2n) is 4.00. The highest BCUT2D eigenvalue weighted by Crippen LogP contribution is 2.13. The summed E-state index contributed by atoms with van der Waals surface area (Å²) in [6.45, 7) is 6.43. The Balaban J connectivity index is 3.00. The second kappa shape index (κ2) is 7.60. The lowest BCUT2D eigenvalue weighted by Crippen LogP contribution is -1.98. The third kappa shape index (κ3) is 8.06. The predicted octanol–water partition coefficient (Wildman–Crippen LogP) is 3.36. The molecule has 0 aromatic heterocycles. The molecule has 0 rings (SSSR count).